The number of aliphatic carboxylic acids is 1. The Bertz CT molecular complexity index is 486. The predicted molar refractivity (Wildman–Crippen MR) is 72.6 cm³/mol. The van der Waals surface area contributed by atoms with E-state index in [4.69, 9.17) is 9.84 Å². The van der Waals surface area contributed by atoms with Crippen molar-refractivity contribution in [2.45, 2.75) is 32.2 Å². The van der Waals surface area contributed by atoms with Crippen molar-refractivity contribution >= 4 is 17.8 Å². The van der Waals surface area contributed by atoms with Crippen LogP contribution in [0.5, 0.6) is 0 Å². The van der Waals surface area contributed by atoms with E-state index in [0.717, 1.165) is 12.8 Å². The molecule has 2 N–H and O–H groups in total. The summed E-state index contributed by atoms with van der Waals surface area (Å²) in [6.07, 6.45) is 3.84. The van der Waals surface area contributed by atoms with Gasteiger partial charge in [-0.05, 0) is 31.9 Å². The summed E-state index contributed by atoms with van der Waals surface area (Å²) < 4.78 is 4.87. The summed E-state index contributed by atoms with van der Waals surface area (Å²) in [7, 11) is 0. The van der Waals surface area contributed by atoms with E-state index in [2.05, 4.69) is 10.3 Å². The van der Waals surface area contributed by atoms with Crippen LogP contribution in [0, 0.1) is 5.92 Å². The van der Waals surface area contributed by atoms with Gasteiger partial charge in [-0.25, -0.2) is 9.78 Å². The Morgan fingerprint density at radius 1 is 1.45 bits per heavy atom. The van der Waals surface area contributed by atoms with Crippen LogP contribution in [0.3, 0.4) is 0 Å². The van der Waals surface area contributed by atoms with Gasteiger partial charge in [0.2, 0.25) is 0 Å². The molecule has 1 aliphatic carbocycles. The molecular weight excluding hydrogens is 260 g/mol. The lowest BCUT2D eigenvalue weighted by Gasteiger charge is -2.18. The zero-order chi connectivity index (χ0) is 14.5. The maximum absolute atomic E-state index is 11.5. The van der Waals surface area contributed by atoms with Gasteiger partial charge in [-0.1, -0.05) is 6.42 Å². The molecule has 0 aliphatic heterocycles. The van der Waals surface area contributed by atoms with Crippen LogP contribution in [0.2, 0.25) is 0 Å². The molecule has 1 aromatic heterocycles. The smallest absolute Gasteiger partial charge is 0.339 e. The normalized spacial score (nSPS) is 21.4. The highest BCUT2D eigenvalue weighted by Gasteiger charge is 2.32. The van der Waals surface area contributed by atoms with Crippen molar-refractivity contribution in [3.05, 3.63) is 23.9 Å². The fourth-order valence-electron chi connectivity index (χ4n) is 2.43. The Labute approximate surface area is 117 Å². The van der Waals surface area contributed by atoms with Crippen molar-refractivity contribution in [2.75, 3.05) is 11.9 Å². The zero-order valence-corrected chi connectivity index (χ0v) is 11.3. The van der Waals surface area contributed by atoms with Gasteiger partial charge in [0.25, 0.3) is 0 Å². The van der Waals surface area contributed by atoms with Gasteiger partial charge in [0.05, 0.1) is 18.1 Å². The van der Waals surface area contributed by atoms with E-state index in [-0.39, 0.29) is 12.0 Å². The van der Waals surface area contributed by atoms with E-state index in [9.17, 15) is 9.59 Å². The molecule has 108 valence electrons. The number of carboxylic acid groups (broad SMARTS) is 1. The van der Waals surface area contributed by atoms with Gasteiger partial charge in [-0.3, -0.25) is 4.79 Å². The third-order valence-electron chi connectivity index (χ3n) is 3.44. The molecule has 6 heteroatoms. The molecule has 0 aromatic carbocycles. The van der Waals surface area contributed by atoms with E-state index in [0.29, 0.717) is 24.4 Å². The quantitative estimate of drug-likeness (QED) is 0.800. The molecular formula is C14H18N2O4. The predicted octanol–water partition coefficient (Wildman–Crippen LogP) is 1.92. The SMILES string of the molecule is CCOC(=O)c1ccc(NC2CCCC2C(=O)O)nc1. The molecule has 1 aliphatic rings. The Balaban J connectivity index is 2.00. The number of carboxylic acids is 1. The summed E-state index contributed by atoms with van der Waals surface area (Å²) in [5.41, 5.74) is 0.388. The van der Waals surface area contributed by atoms with Crippen molar-refractivity contribution in [3.63, 3.8) is 0 Å². The van der Waals surface area contributed by atoms with Crippen molar-refractivity contribution in [1.29, 1.82) is 0 Å². The number of hydrogen-bond acceptors (Lipinski definition) is 5. The number of pyridine rings is 1. The molecule has 2 unspecified atom stereocenters. The van der Waals surface area contributed by atoms with Crippen molar-refractivity contribution in [1.82, 2.24) is 4.98 Å². The molecule has 20 heavy (non-hydrogen) atoms. The van der Waals surface area contributed by atoms with E-state index < -0.39 is 11.9 Å². The first kappa shape index (κ1) is 14.3. The second-order valence-electron chi connectivity index (χ2n) is 4.78. The molecule has 6 nitrogen and oxygen atoms in total. The van der Waals surface area contributed by atoms with Crippen LogP contribution >= 0.6 is 0 Å². The summed E-state index contributed by atoms with van der Waals surface area (Å²) in [6.45, 7) is 2.06. The Morgan fingerprint density at radius 3 is 2.85 bits per heavy atom. The van der Waals surface area contributed by atoms with Gasteiger partial charge in [-0.2, -0.15) is 0 Å². The van der Waals surface area contributed by atoms with Crippen LogP contribution in [-0.4, -0.2) is 34.7 Å². The maximum atomic E-state index is 11.5. The average Bonchev–Trinajstić information content (AvgIpc) is 2.88. The number of nitrogens with one attached hydrogen (secondary N) is 1. The topological polar surface area (TPSA) is 88.5 Å². The second-order valence-corrected chi connectivity index (χ2v) is 4.78. The lowest BCUT2D eigenvalue weighted by Crippen LogP contribution is -2.30. The average molecular weight is 278 g/mol. The minimum atomic E-state index is -0.775. The molecule has 0 amide bonds. The van der Waals surface area contributed by atoms with Crippen molar-refractivity contribution in [2.24, 2.45) is 5.92 Å². The number of hydrogen-bond donors (Lipinski definition) is 2. The maximum Gasteiger partial charge on any atom is 0.339 e. The van der Waals surface area contributed by atoms with Crippen LogP contribution in [-0.2, 0) is 9.53 Å². The van der Waals surface area contributed by atoms with E-state index >= 15 is 0 Å². The first-order valence-electron chi connectivity index (χ1n) is 6.74. The summed E-state index contributed by atoms with van der Waals surface area (Å²) >= 11 is 0. The van der Waals surface area contributed by atoms with Crippen LogP contribution in [0.25, 0.3) is 0 Å². The lowest BCUT2D eigenvalue weighted by molar-refractivity contribution is -0.141. The molecule has 1 fully saturated rings. The first-order valence-corrected chi connectivity index (χ1v) is 6.74. The van der Waals surface area contributed by atoms with Gasteiger partial charge in [0, 0.05) is 12.2 Å². The monoisotopic (exact) mass is 278 g/mol. The molecule has 2 rings (SSSR count). The van der Waals surface area contributed by atoms with Crippen LogP contribution in [0.15, 0.2) is 18.3 Å². The molecule has 1 saturated carbocycles. The van der Waals surface area contributed by atoms with Gasteiger partial charge < -0.3 is 15.2 Å². The third-order valence-corrected chi connectivity index (χ3v) is 3.44. The summed E-state index contributed by atoms with van der Waals surface area (Å²) in [6, 6.07) is 3.19. The van der Waals surface area contributed by atoms with Crippen LogP contribution in [0.1, 0.15) is 36.5 Å². The minimum Gasteiger partial charge on any atom is -0.481 e. The standard InChI is InChI=1S/C14H18N2O4/c1-2-20-14(19)9-6-7-12(15-8-9)16-11-5-3-4-10(11)13(17)18/h6-8,10-11H,2-5H2,1H3,(H,15,16)(H,17,18). The highest BCUT2D eigenvalue weighted by Crippen LogP contribution is 2.28. The molecule has 1 aromatic rings. The molecule has 1 heterocycles. The number of anilines is 1. The number of ether oxygens (including phenoxy) is 1. The Hall–Kier alpha value is -2.11. The van der Waals surface area contributed by atoms with E-state index in [1.54, 1.807) is 19.1 Å². The molecule has 0 saturated heterocycles. The minimum absolute atomic E-state index is 0.103. The summed E-state index contributed by atoms with van der Waals surface area (Å²) in [5.74, 6) is -0.975. The van der Waals surface area contributed by atoms with Gasteiger partial charge in [0.15, 0.2) is 0 Å². The zero-order valence-electron chi connectivity index (χ0n) is 11.3. The number of carbonyl (C=O) groups excluding carboxylic acids is 1. The van der Waals surface area contributed by atoms with Gasteiger partial charge in [-0.15, -0.1) is 0 Å². The number of esters is 1. The molecule has 0 bridgehead atoms. The number of carbonyl (C=O) groups is 2. The van der Waals surface area contributed by atoms with Crippen molar-refractivity contribution < 1.29 is 19.4 Å². The Morgan fingerprint density at radius 2 is 2.25 bits per heavy atom. The number of rotatable bonds is 5. The van der Waals surface area contributed by atoms with Gasteiger partial charge >= 0.3 is 11.9 Å². The van der Waals surface area contributed by atoms with E-state index in [1.807, 2.05) is 0 Å². The summed E-state index contributed by atoms with van der Waals surface area (Å²) in [4.78, 5) is 26.7. The Kier molecular flexibility index (Phi) is 4.55. The third kappa shape index (κ3) is 3.26. The fourth-order valence-corrected chi connectivity index (χ4v) is 2.43. The number of aromatic nitrogens is 1. The molecule has 0 spiro atoms. The van der Waals surface area contributed by atoms with Crippen molar-refractivity contribution in [3.8, 4) is 0 Å². The highest BCUT2D eigenvalue weighted by molar-refractivity contribution is 5.89. The van der Waals surface area contributed by atoms with E-state index in [1.165, 1.54) is 6.20 Å². The molecule has 2 atom stereocenters. The molecule has 0 radical (unpaired) electrons. The highest BCUT2D eigenvalue weighted by atomic mass is 16.5. The van der Waals surface area contributed by atoms with Crippen LogP contribution < -0.4 is 5.32 Å². The van der Waals surface area contributed by atoms with Gasteiger partial charge in [0.1, 0.15) is 5.82 Å². The number of nitrogens with zero attached hydrogens (tertiary/aromatic N) is 1. The first-order chi connectivity index (χ1) is 9.61. The van der Waals surface area contributed by atoms with Crippen LogP contribution in [0.4, 0.5) is 5.82 Å². The lowest BCUT2D eigenvalue weighted by atomic mass is 10.0. The largest absolute Gasteiger partial charge is 0.481 e. The second kappa shape index (κ2) is 6.36. The summed E-state index contributed by atoms with van der Waals surface area (Å²) in [5, 5.41) is 12.2. The fraction of sp³-hybridized carbons (Fsp3) is 0.500.